The fourth-order valence-electron chi connectivity index (χ4n) is 3.31. The van der Waals surface area contributed by atoms with E-state index in [2.05, 4.69) is 10.3 Å². The van der Waals surface area contributed by atoms with Crippen LogP contribution in [0.25, 0.3) is 5.52 Å². The Bertz CT molecular complexity index is 943. The fraction of sp³-hybridized carbons (Fsp3) is 0.250. The Morgan fingerprint density at radius 2 is 1.65 bits per heavy atom. The molecule has 0 bridgehead atoms. The molecule has 6 nitrogen and oxygen atoms in total. The molecule has 26 heavy (non-hydrogen) atoms. The Balaban J connectivity index is 1.69. The van der Waals surface area contributed by atoms with E-state index in [0.717, 1.165) is 32.4 Å². The SMILES string of the molecule is O=C(Nc1ccccc1)c1nc(C(=O)N2CCCCC2)c2ccccn12. The van der Waals surface area contributed by atoms with Gasteiger partial charge in [-0.25, -0.2) is 4.98 Å². The van der Waals surface area contributed by atoms with Crippen molar-refractivity contribution < 1.29 is 9.59 Å². The third-order valence-electron chi connectivity index (χ3n) is 4.63. The number of hydrogen-bond donors (Lipinski definition) is 1. The summed E-state index contributed by atoms with van der Waals surface area (Å²) in [5.74, 6) is -0.230. The normalized spacial score (nSPS) is 14.4. The van der Waals surface area contributed by atoms with E-state index in [1.165, 1.54) is 0 Å². The van der Waals surface area contributed by atoms with Gasteiger partial charge >= 0.3 is 0 Å². The summed E-state index contributed by atoms with van der Waals surface area (Å²) >= 11 is 0. The van der Waals surface area contributed by atoms with Gasteiger partial charge < -0.3 is 10.2 Å². The van der Waals surface area contributed by atoms with Crippen molar-refractivity contribution in [1.82, 2.24) is 14.3 Å². The summed E-state index contributed by atoms with van der Waals surface area (Å²) in [7, 11) is 0. The molecule has 0 unspecified atom stereocenters. The van der Waals surface area contributed by atoms with Gasteiger partial charge in [0.2, 0.25) is 5.82 Å². The van der Waals surface area contributed by atoms with Gasteiger partial charge in [-0.15, -0.1) is 0 Å². The van der Waals surface area contributed by atoms with Crippen LogP contribution in [0.2, 0.25) is 0 Å². The molecule has 3 heterocycles. The van der Waals surface area contributed by atoms with Gasteiger partial charge in [-0.05, 0) is 43.5 Å². The van der Waals surface area contributed by atoms with E-state index in [1.807, 2.05) is 53.4 Å². The number of pyridine rings is 1. The number of benzene rings is 1. The van der Waals surface area contributed by atoms with E-state index >= 15 is 0 Å². The molecule has 1 fully saturated rings. The number of anilines is 1. The minimum absolute atomic E-state index is 0.104. The number of aromatic nitrogens is 2. The summed E-state index contributed by atoms with van der Waals surface area (Å²) in [5.41, 5.74) is 1.68. The monoisotopic (exact) mass is 348 g/mol. The molecule has 4 rings (SSSR count). The Labute approximate surface area is 151 Å². The van der Waals surface area contributed by atoms with Crippen LogP contribution >= 0.6 is 0 Å². The molecule has 0 atom stereocenters. The lowest BCUT2D eigenvalue weighted by Crippen LogP contribution is -2.36. The number of imidazole rings is 1. The maximum Gasteiger partial charge on any atom is 0.292 e. The molecule has 2 amide bonds. The molecule has 2 aromatic heterocycles. The largest absolute Gasteiger partial charge is 0.337 e. The molecule has 1 aliphatic rings. The third kappa shape index (κ3) is 3.06. The summed E-state index contributed by atoms with van der Waals surface area (Å²) < 4.78 is 1.68. The minimum atomic E-state index is -0.338. The molecule has 1 aromatic carbocycles. The second-order valence-corrected chi connectivity index (χ2v) is 6.41. The van der Waals surface area contributed by atoms with Gasteiger partial charge in [0.15, 0.2) is 5.69 Å². The highest BCUT2D eigenvalue weighted by Gasteiger charge is 2.26. The second-order valence-electron chi connectivity index (χ2n) is 6.41. The lowest BCUT2D eigenvalue weighted by Gasteiger charge is -2.25. The van der Waals surface area contributed by atoms with Crippen LogP contribution in [0.3, 0.4) is 0 Å². The molecule has 3 aromatic rings. The number of carbonyl (C=O) groups is 2. The van der Waals surface area contributed by atoms with Gasteiger partial charge in [0.1, 0.15) is 0 Å². The average molecular weight is 348 g/mol. The molecule has 132 valence electrons. The van der Waals surface area contributed by atoms with Crippen molar-refractivity contribution in [2.75, 3.05) is 18.4 Å². The second kappa shape index (κ2) is 7.00. The molecule has 0 aliphatic carbocycles. The number of para-hydroxylation sites is 1. The number of amides is 2. The van der Waals surface area contributed by atoms with Crippen LogP contribution in [0, 0.1) is 0 Å². The van der Waals surface area contributed by atoms with Gasteiger partial charge in [-0.3, -0.25) is 14.0 Å². The molecule has 6 heteroatoms. The fourth-order valence-corrected chi connectivity index (χ4v) is 3.31. The Hall–Kier alpha value is -3.15. The molecule has 0 spiro atoms. The van der Waals surface area contributed by atoms with Crippen molar-refractivity contribution >= 4 is 23.0 Å². The zero-order valence-electron chi connectivity index (χ0n) is 14.4. The van der Waals surface area contributed by atoms with Crippen LogP contribution in [0.1, 0.15) is 40.4 Å². The minimum Gasteiger partial charge on any atom is -0.337 e. The smallest absolute Gasteiger partial charge is 0.292 e. The zero-order chi connectivity index (χ0) is 17.9. The van der Waals surface area contributed by atoms with Crippen molar-refractivity contribution in [3.8, 4) is 0 Å². The Morgan fingerprint density at radius 3 is 2.42 bits per heavy atom. The molecule has 1 N–H and O–H groups in total. The van der Waals surface area contributed by atoms with Gasteiger partial charge in [0.25, 0.3) is 11.8 Å². The maximum absolute atomic E-state index is 12.9. The highest BCUT2D eigenvalue weighted by molar-refractivity contribution is 6.06. The first kappa shape index (κ1) is 16.3. The van der Waals surface area contributed by atoms with Crippen LogP contribution < -0.4 is 5.32 Å². The molecule has 0 radical (unpaired) electrons. The van der Waals surface area contributed by atoms with Gasteiger partial charge in [-0.2, -0.15) is 0 Å². The number of nitrogens with one attached hydrogen (secondary N) is 1. The lowest BCUT2D eigenvalue weighted by atomic mass is 10.1. The molecule has 1 saturated heterocycles. The van der Waals surface area contributed by atoms with Crippen molar-refractivity contribution in [2.45, 2.75) is 19.3 Å². The zero-order valence-corrected chi connectivity index (χ0v) is 14.4. The molecular weight excluding hydrogens is 328 g/mol. The van der Waals surface area contributed by atoms with Crippen molar-refractivity contribution in [3.63, 3.8) is 0 Å². The van der Waals surface area contributed by atoms with Crippen LogP contribution in [0.15, 0.2) is 54.7 Å². The number of piperidine rings is 1. The van der Waals surface area contributed by atoms with Crippen molar-refractivity contribution in [1.29, 1.82) is 0 Å². The average Bonchev–Trinajstić information content (AvgIpc) is 3.09. The highest BCUT2D eigenvalue weighted by Crippen LogP contribution is 2.19. The number of hydrogen-bond acceptors (Lipinski definition) is 3. The quantitative estimate of drug-likeness (QED) is 0.790. The number of nitrogens with zero attached hydrogens (tertiary/aromatic N) is 3. The van der Waals surface area contributed by atoms with Crippen LogP contribution in [-0.4, -0.2) is 39.2 Å². The van der Waals surface area contributed by atoms with E-state index in [0.29, 0.717) is 16.9 Å². The molecule has 1 aliphatic heterocycles. The third-order valence-corrected chi connectivity index (χ3v) is 4.63. The van der Waals surface area contributed by atoms with E-state index < -0.39 is 0 Å². The van der Waals surface area contributed by atoms with Crippen LogP contribution in [-0.2, 0) is 0 Å². The maximum atomic E-state index is 12.9. The number of fused-ring (bicyclic) bond motifs is 1. The Kier molecular flexibility index (Phi) is 4.39. The summed E-state index contributed by atoms with van der Waals surface area (Å²) in [6.45, 7) is 1.49. The number of likely N-dealkylation sites (tertiary alicyclic amines) is 1. The first-order valence-corrected chi connectivity index (χ1v) is 8.87. The van der Waals surface area contributed by atoms with E-state index in [4.69, 9.17) is 0 Å². The highest BCUT2D eigenvalue weighted by atomic mass is 16.2. The molecule has 0 saturated carbocycles. The lowest BCUT2D eigenvalue weighted by molar-refractivity contribution is 0.0721. The van der Waals surface area contributed by atoms with Gasteiger partial charge in [-0.1, -0.05) is 24.3 Å². The van der Waals surface area contributed by atoms with E-state index in [-0.39, 0.29) is 17.6 Å². The van der Waals surface area contributed by atoms with Crippen molar-refractivity contribution in [3.05, 3.63) is 66.2 Å². The standard InChI is InChI=1S/C20H20N4O2/c25-19(21-15-9-3-1-4-10-15)18-22-17(16-11-5-8-14-24(16)18)20(26)23-12-6-2-7-13-23/h1,3-5,8-11,14H,2,6-7,12-13H2,(H,21,25). The summed E-state index contributed by atoms with van der Waals surface area (Å²) in [6.07, 6.45) is 4.94. The molecular formula is C20H20N4O2. The van der Waals surface area contributed by atoms with Crippen LogP contribution in [0.5, 0.6) is 0 Å². The van der Waals surface area contributed by atoms with Crippen LogP contribution in [0.4, 0.5) is 5.69 Å². The van der Waals surface area contributed by atoms with E-state index in [1.54, 1.807) is 10.6 Å². The van der Waals surface area contributed by atoms with E-state index in [9.17, 15) is 9.59 Å². The van der Waals surface area contributed by atoms with Gasteiger partial charge in [0, 0.05) is 25.0 Å². The summed E-state index contributed by atoms with van der Waals surface area (Å²) in [4.78, 5) is 31.9. The predicted octanol–water partition coefficient (Wildman–Crippen LogP) is 3.21. The number of rotatable bonds is 3. The number of carbonyl (C=O) groups excluding carboxylic acids is 2. The van der Waals surface area contributed by atoms with Gasteiger partial charge in [0.05, 0.1) is 5.52 Å². The first-order valence-electron chi connectivity index (χ1n) is 8.87. The predicted molar refractivity (Wildman–Crippen MR) is 99.3 cm³/mol. The topological polar surface area (TPSA) is 66.7 Å². The Morgan fingerprint density at radius 1 is 0.923 bits per heavy atom. The first-order chi connectivity index (χ1) is 12.7. The summed E-state index contributed by atoms with van der Waals surface area (Å²) in [5, 5.41) is 2.83. The van der Waals surface area contributed by atoms with Crippen molar-refractivity contribution in [2.24, 2.45) is 0 Å². The summed E-state index contributed by atoms with van der Waals surface area (Å²) in [6, 6.07) is 14.7.